The Morgan fingerprint density at radius 1 is 1.14 bits per heavy atom. The highest BCUT2D eigenvalue weighted by Gasteiger charge is 2.34. The third-order valence-electron chi connectivity index (χ3n) is 5.26. The molecule has 1 aromatic heterocycles. The second kappa shape index (κ2) is 7.20. The van der Waals surface area contributed by atoms with Gasteiger partial charge in [0, 0.05) is 0 Å². The van der Waals surface area contributed by atoms with Gasteiger partial charge in [-0.1, -0.05) is 23.4 Å². The number of fused-ring (bicyclic) bond motifs is 2. The number of rotatable bonds is 5. The van der Waals surface area contributed by atoms with Crippen LogP contribution in [0.3, 0.4) is 0 Å². The summed E-state index contributed by atoms with van der Waals surface area (Å²) in [5.74, 6) is 1.52. The second-order valence-electron chi connectivity index (χ2n) is 7.36. The monoisotopic (exact) mass is 392 g/mol. The van der Waals surface area contributed by atoms with E-state index < -0.39 is 0 Å². The highest BCUT2D eigenvalue weighted by molar-refractivity contribution is 5.78. The number of amides is 1. The molecule has 1 amide bonds. The van der Waals surface area contributed by atoms with Gasteiger partial charge in [-0.3, -0.25) is 9.59 Å². The fourth-order valence-electron chi connectivity index (χ4n) is 3.64. The first kappa shape index (κ1) is 17.7. The van der Waals surface area contributed by atoms with Crippen molar-refractivity contribution in [1.29, 1.82) is 0 Å². The maximum absolute atomic E-state index is 12.7. The topological polar surface area (TPSA) is 95.3 Å². The molecule has 1 aliphatic carbocycles. The summed E-state index contributed by atoms with van der Waals surface area (Å²) in [5.41, 5.74) is 1.16. The normalized spacial score (nSPS) is 16.4. The number of nitrogens with one attached hydrogen (secondary N) is 1. The molecule has 1 unspecified atom stereocenters. The zero-order valence-corrected chi connectivity index (χ0v) is 15.7. The van der Waals surface area contributed by atoms with E-state index in [4.69, 9.17) is 9.47 Å². The molecule has 0 bridgehead atoms. The molecule has 1 saturated carbocycles. The molecule has 1 aliphatic heterocycles. The van der Waals surface area contributed by atoms with Gasteiger partial charge in [0.2, 0.25) is 5.91 Å². The van der Waals surface area contributed by atoms with E-state index in [-0.39, 0.29) is 24.1 Å². The standard InChI is InChI=1S/C21H20N4O4/c26-19(12-25-21(27)15-3-1-2-4-16(15)23-24-25)22-20(13-5-6-13)14-7-8-17-18(11-14)29-10-9-28-17/h1-4,7-8,11,13,20H,5-6,9-10,12H2,(H,22,26). The molecule has 5 rings (SSSR count). The largest absolute Gasteiger partial charge is 0.486 e. The first-order chi connectivity index (χ1) is 14.2. The van der Waals surface area contributed by atoms with Crippen molar-refractivity contribution in [2.24, 2.45) is 5.92 Å². The minimum atomic E-state index is -0.326. The molecule has 2 heterocycles. The number of benzene rings is 2. The van der Waals surface area contributed by atoms with Crippen molar-refractivity contribution in [2.45, 2.75) is 25.4 Å². The van der Waals surface area contributed by atoms with Crippen molar-refractivity contribution in [2.75, 3.05) is 13.2 Å². The number of hydrogen-bond donors (Lipinski definition) is 1. The molecule has 1 atom stereocenters. The van der Waals surface area contributed by atoms with Crippen molar-refractivity contribution in [3.8, 4) is 11.5 Å². The average Bonchev–Trinajstić information content (AvgIpc) is 3.59. The van der Waals surface area contributed by atoms with E-state index in [1.54, 1.807) is 24.3 Å². The number of carbonyl (C=O) groups excluding carboxylic acids is 1. The smallest absolute Gasteiger partial charge is 0.278 e. The number of carbonyl (C=O) groups is 1. The highest BCUT2D eigenvalue weighted by atomic mass is 16.6. The number of aromatic nitrogens is 3. The lowest BCUT2D eigenvalue weighted by atomic mass is 10.0. The van der Waals surface area contributed by atoms with Gasteiger partial charge in [0.25, 0.3) is 5.56 Å². The van der Waals surface area contributed by atoms with Gasteiger partial charge in [-0.15, -0.1) is 5.10 Å². The molecule has 2 aliphatic rings. The van der Waals surface area contributed by atoms with Gasteiger partial charge < -0.3 is 14.8 Å². The quantitative estimate of drug-likeness (QED) is 0.712. The van der Waals surface area contributed by atoms with Crippen LogP contribution in [0.25, 0.3) is 10.9 Å². The van der Waals surface area contributed by atoms with Crippen molar-refractivity contribution in [3.63, 3.8) is 0 Å². The SMILES string of the molecule is O=C(Cn1nnc2ccccc2c1=O)NC(c1ccc2c(c1)OCCO2)C1CC1. The van der Waals surface area contributed by atoms with Gasteiger partial charge in [0.05, 0.1) is 11.4 Å². The zero-order valence-electron chi connectivity index (χ0n) is 15.7. The van der Waals surface area contributed by atoms with Crippen LogP contribution in [0.5, 0.6) is 11.5 Å². The van der Waals surface area contributed by atoms with Crippen LogP contribution in [0.15, 0.2) is 47.3 Å². The average molecular weight is 392 g/mol. The van der Waals surface area contributed by atoms with E-state index in [9.17, 15) is 9.59 Å². The Labute approximate surface area is 166 Å². The van der Waals surface area contributed by atoms with E-state index >= 15 is 0 Å². The van der Waals surface area contributed by atoms with Crippen LogP contribution in [0.1, 0.15) is 24.4 Å². The molecule has 0 radical (unpaired) electrons. The summed E-state index contributed by atoms with van der Waals surface area (Å²) >= 11 is 0. The fraction of sp³-hybridized carbons (Fsp3) is 0.333. The number of nitrogens with zero attached hydrogens (tertiary/aromatic N) is 3. The van der Waals surface area contributed by atoms with Gasteiger partial charge in [0.15, 0.2) is 11.5 Å². The van der Waals surface area contributed by atoms with Crippen LogP contribution in [0.2, 0.25) is 0 Å². The van der Waals surface area contributed by atoms with Crippen LogP contribution in [-0.4, -0.2) is 34.1 Å². The van der Waals surface area contributed by atoms with E-state index in [1.165, 1.54) is 0 Å². The third kappa shape index (κ3) is 3.53. The third-order valence-corrected chi connectivity index (χ3v) is 5.26. The predicted molar refractivity (Wildman–Crippen MR) is 105 cm³/mol. The van der Waals surface area contributed by atoms with Crippen LogP contribution in [0.4, 0.5) is 0 Å². The summed E-state index contributed by atoms with van der Waals surface area (Å²) in [6.07, 6.45) is 2.10. The van der Waals surface area contributed by atoms with Crippen molar-refractivity contribution >= 4 is 16.8 Å². The molecular formula is C21H20N4O4. The van der Waals surface area contributed by atoms with Gasteiger partial charge in [-0.2, -0.15) is 0 Å². The minimum absolute atomic E-state index is 0.137. The Morgan fingerprint density at radius 2 is 1.93 bits per heavy atom. The molecule has 0 saturated heterocycles. The Kier molecular flexibility index (Phi) is 4.38. The Hall–Kier alpha value is -3.42. The van der Waals surface area contributed by atoms with E-state index in [2.05, 4.69) is 15.6 Å². The van der Waals surface area contributed by atoms with Crippen molar-refractivity contribution < 1.29 is 14.3 Å². The molecule has 3 aromatic rings. The summed E-state index contributed by atoms with van der Waals surface area (Å²) < 4.78 is 12.3. The molecule has 0 spiro atoms. The lowest BCUT2D eigenvalue weighted by Gasteiger charge is -2.23. The predicted octanol–water partition coefficient (Wildman–Crippen LogP) is 1.83. The summed E-state index contributed by atoms with van der Waals surface area (Å²) in [6.45, 7) is 0.877. The molecule has 148 valence electrons. The van der Waals surface area contributed by atoms with Crippen molar-refractivity contribution in [1.82, 2.24) is 20.3 Å². The fourth-order valence-corrected chi connectivity index (χ4v) is 3.64. The molecule has 2 aromatic carbocycles. The Morgan fingerprint density at radius 3 is 2.76 bits per heavy atom. The van der Waals surface area contributed by atoms with E-state index in [1.807, 2.05) is 18.2 Å². The second-order valence-corrected chi connectivity index (χ2v) is 7.36. The van der Waals surface area contributed by atoms with Crippen molar-refractivity contribution in [3.05, 3.63) is 58.4 Å². The zero-order chi connectivity index (χ0) is 19.8. The van der Waals surface area contributed by atoms with Crippen LogP contribution in [0, 0.1) is 5.92 Å². The number of ether oxygens (including phenoxy) is 2. The van der Waals surface area contributed by atoms with Crippen LogP contribution >= 0.6 is 0 Å². The maximum atomic E-state index is 12.7. The maximum Gasteiger partial charge on any atom is 0.278 e. The minimum Gasteiger partial charge on any atom is -0.486 e. The van der Waals surface area contributed by atoms with Crippen LogP contribution < -0.4 is 20.3 Å². The molecule has 8 heteroatoms. The highest BCUT2D eigenvalue weighted by Crippen LogP contribution is 2.43. The first-order valence-corrected chi connectivity index (χ1v) is 9.70. The number of hydrogen-bond acceptors (Lipinski definition) is 6. The van der Waals surface area contributed by atoms with E-state index in [0.717, 1.165) is 28.8 Å². The summed E-state index contributed by atoms with van der Waals surface area (Å²) in [6, 6.07) is 12.6. The van der Waals surface area contributed by atoms with Gasteiger partial charge in [0.1, 0.15) is 25.3 Å². The summed E-state index contributed by atoms with van der Waals surface area (Å²) in [5, 5.41) is 11.4. The summed E-state index contributed by atoms with van der Waals surface area (Å²) in [4.78, 5) is 25.3. The molecule has 29 heavy (non-hydrogen) atoms. The van der Waals surface area contributed by atoms with Gasteiger partial charge >= 0.3 is 0 Å². The Bertz CT molecular complexity index is 1140. The molecule has 1 N–H and O–H groups in total. The lowest BCUT2D eigenvalue weighted by Crippen LogP contribution is -2.37. The van der Waals surface area contributed by atoms with E-state index in [0.29, 0.717) is 35.8 Å². The van der Waals surface area contributed by atoms with Gasteiger partial charge in [-0.05, 0) is 48.6 Å². The molecule has 1 fully saturated rings. The first-order valence-electron chi connectivity index (χ1n) is 9.70. The molecule has 8 nitrogen and oxygen atoms in total. The molecular weight excluding hydrogens is 372 g/mol. The Balaban J connectivity index is 1.36. The van der Waals surface area contributed by atoms with Gasteiger partial charge in [-0.25, -0.2) is 4.68 Å². The lowest BCUT2D eigenvalue weighted by molar-refractivity contribution is -0.122. The summed E-state index contributed by atoms with van der Waals surface area (Å²) in [7, 11) is 0. The van der Waals surface area contributed by atoms with Crippen LogP contribution in [-0.2, 0) is 11.3 Å².